The highest BCUT2D eigenvalue weighted by Crippen LogP contribution is 2.24. The normalized spacial score (nSPS) is 25.3. The number of hydrogen-bond donors (Lipinski definition) is 1. The van der Waals surface area contributed by atoms with Crippen LogP contribution in [0, 0.1) is 5.41 Å². The number of ether oxygens (including phenoxy) is 1. The SMILES string of the molecule is CCCCCC(C)(C)CNC1CCOC(CC)C1. The summed E-state index contributed by atoms with van der Waals surface area (Å²) in [4.78, 5) is 0. The molecule has 0 aromatic rings. The molecule has 0 aromatic carbocycles. The van der Waals surface area contributed by atoms with E-state index < -0.39 is 0 Å². The lowest BCUT2D eigenvalue weighted by atomic mass is 9.86. The molecule has 1 fully saturated rings. The number of hydrogen-bond acceptors (Lipinski definition) is 2. The predicted molar refractivity (Wildman–Crippen MR) is 79.0 cm³/mol. The Balaban J connectivity index is 2.21. The molecule has 1 N–H and O–H groups in total. The van der Waals surface area contributed by atoms with Gasteiger partial charge in [0.1, 0.15) is 0 Å². The summed E-state index contributed by atoms with van der Waals surface area (Å²) in [5.74, 6) is 0. The number of nitrogens with one attached hydrogen (secondary N) is 1. The van der Waals surface area contributed by atoms with Crippen molar-refractivity contribution in [1.29, 1.82) is 0 Å². The van der Waals surface area contributed by atoms with Gasteiger partial charge in [0.15, 0.2) is 0 Å². The zero-order chi connectivity index (χ0) is 13.4. The summed E-state index contributed by atoms with van der Waals surface area (Å²) in [5, 5.41) is 3.77. The van der Waals surface area contributed by atoms with Crippen LogP contribution in [0.3, 0.4) is 0 Å². The molecule has 0 saturated carbocycles. The molecule has 2 atom stereocenters. The van der Waals surface area contributed by atoms with Crippen LogP contribution in [0.5, 0.6) is 0 Å². The molecule has 18 heavy (non-hydrogen) atoms. The second kappa shape index (κ2) is 8.16. The summed E-state index contributed by atoms with van der Waals surface area (Å²) >= 11 is 0. The van der Waals surface area contributed by atoms with Crippen LogP contribution < -0.4 is 5.32 Å². The average molecular weight is 255 g/mol. The molecule has 2 heteroatoms. The molecule has 1 heterocycles. The van der Waals surface area contributed by atoms with Crippen molar-refractivity contribution in [2.24, 2.45) is 5.41 Å². The van der Waals surface area contributed by atoms with Gasteiger partial charge in [-0.05, 0) is 31.1 Å². The van der Waals surface area contributed by atoms with Crippen molar-refractivity contribution in [2.75, 3.05) is 13.2 Å². The first-order valence-electron chi connectivity index (χ1n) is 7.92. The molecule has 0 amide bonds. The molecule has 1 rings (SSSR count). The third kappa shape index (κ3) is 6.19. The van der Waals surface area contributed by atoms with E-state index in [1.165, 1.54) is 38.5 Å². The first-order valence-corrected chi connectivity index (χ1v) is 7.92. The van der Waals surface area contributed by atoms with Crippen molar-refractivity contribution in [2.45, 2.75) is 84.8 Å². The molecule has 0 spiro atoms. The Morgan fingerprint density at radius 3 is 2.67 bits per heavy atom. The zero-order valence-corrected chi connectivity index (χ0v) is 12.9. The van der Waals surface area contributed by atoms with Crippen LogP contribution in [-0.2, 0) is 4.74 Å². The molecule has 0 bridgehead atoms. The summed E-state index contributed by atoms with van der Waals surface area (Å²) in [5.41, 5.74) is 0.440. The smallest absolute Gasteiger partial charge is 0.0587 e. The van der Waals surface area contributed by atoms with E-state index in [0.29, 0.717) is 17.6 Å². The van der Waals surface area contributed by atoms with Gasteiger partial charge >= 0.3 is 0 Å². The molecule has 2 nitrogen and oxygen atoms in total. The van der Waals surface area contributed by atoms with E-state index in [1.54, 1.807) is 0 Å². The third-order valence-electron chi connectivity index (χ3n) is 4.15. The lowest BCUT2D eigenvalue weighted by Crippen LogP contribution is -2.42. The van der Waals surface area contributed by atoms with E-state index in [4.69, 9.17) is 4.74 Å². The molecule has 1 aliphatic heterocycles. The van der Waals surface area contributed by atoms with Crippen molar-refractivity contribution in [3.8, 4) is 0 Å². The fraction of sp³-hybridized carbons (Fsp3) is 1.00. The molecule has 1 saturated heterocycles. The summed E-state index contributed by atoms with van der Waals surface area (Å²) in [6.45, 7) is 11.4. The van der Waals surface area contributed by atoms with Gasteiger partial charge in [-0.1, -0.05) is 47.0 Å². The van der Waals surface area contributed by atoms with Crippen LogP contribution in [0.2, 0.25) is 0 Å². The van der Waals surface area contributed by atoms with E-state index in [1.807, 2.05) is 0 Å². The predicted octanol–water partition coefficient (Wildman–Crippen LogP) is 4.14. The Hall–Kier alpha value is -0.0800. The second-order valence-electron chi connectivity index (χ2n) is 6.62. The topological polar surface area (TPSA) is 21.3 Å². The van der Waals surface area contributed by atoms with Gasteiger partial charge in [0.2, 0.25) is 0 Å². The Labute approximate surface area is 114 Å². The van der Waals surface area contributed by atoms with Crippen molar-refractivity contribution in [3.63, 3.8) is 0 Å². The number of unbranched alkanes of at least 4 members (excludes halogenated alkanes) is 2. The number of rotatable bonds is 8. The van der Waals surface area contributed by atoms with Crippen LogP contribution in [0.25, 0.3) is 0 Å². The summed E-state index contributed by atoms with van der Waals surface area (Å²) < 4.78 is 5.73. The van der Waals surface area contributed by atoms with E-state index in [0.717, 1.165) is 19.6 Å². The first-order chi connectivity index (χ1) is 8.57. The average Bonchev–Trinajstić information content (AvgIpc) is 2.37. The van der Waals surface area contributed by atoms with Crippen LogP contribution in [0.4, 0.5) is 0 Å². The van der Waals surface area contributed by atoms with E-state index in [2.05, 4.69) is 33.0 Å². The van der Waals surface area contributed by atoms with Gasteiger partial charge in [0, 0.05) is 19.2 Å². The van der Waals surface area contributed by atoms with Crippen molar-refractivity contribution < 1.29 is 4.74 Å². The van der Waals surface area contributed by atoms with Crippen LogP contribution in [-0.4, -0.2) is 25.3 Å². The lowest BCUT2D eigenvalue weighted by molar-refractivity contribution is -0.00160. The molecule has 0 aliphatic carbocycles. The van der Waals surface area contributed by atoms with Crippen LogP contribution in [0.15, 0.2) is 0 Å². The van der Waals surface area contributed by atoms with Crippen molar-refractivity contribution >= 4 is 0 Å². The zero-order valence-electron chi connectivity index (χ0n) is 12.9. The molecule has 1 aliphatic rings. The van der Waals surface area contributed by atoms with Gasteiger partial charge < -0.3 is 10.1 Å². The second-order valence-corrected chi connectivity index (χ2v) is 6.62. The maximum Gasteiger partial charge on any atom is 0.0587 e. The molecule has 0 radical (unpaired) electrons. The molecule has 0 aromatic heterocycles. The summed E-state index contributed by atoms with van der Waals surface area (Å²) in [6, 6.07) is 0.675. The molecular weight excluding hydrogens is 222 g/mol. The van der Waals surface area contributed by atoms with Gasteiger partial charge in [-0.15, -0.1) is 0 Å². The van der Waals surface area contributed by atoms with Gasteiger partial charge in [-0.25, -0.2) is 0 Å². The summed E-state index contributed by atoms with van der Waals surface area (Å²) in [6.07, 6.45) is 9.42. The van der Waals surface area contributed by atoms with E-state index >= 15 is 0 Å². The monoisotopic (exact) mass is 255 g/mol. The molecule has 108 valence electrons. The quantitative estimate of drug-likeness (QED) is 0.658. The minimum Gasteiger partial charge on any atom is -0.378 e. The fourth-order valence-corrected chi connectivity index (χ4v) is 2.71. The highest BCUT2D eigenvalue weighted by Gasteiger charge is 2.24. The Kier molecular flexibility index (Phi) is 7.25. The molecule has 2 unspecified atom stereocenters. The van der Waals surface area contributed by atoms with Crippen molar-refractivity contribution in [3.05, 3.63) is 0 Å². The maximum atomic E-state index is 5.73. The molecular formula is C16H33NO. The van der Waals surface area contributed by atoms with Gasteiger partial charge in [0.05, 0.1) is 6.10 Å². The minimum absolute atomic E-state index is 0.440. The van der Waals surface area contributed by atoms with Gasteiger partial charge in [-0.2, -0.15) is 0 Å². The van der Waals surface area contributed by atoms with E-state index in [-0.39, 0.29) is 0 Å². The largest absolute Gasteiger partial charge is 0.378 e. The standard InChI is InChI=1S/C16H33NO/c1-5-7-8-10-16(3,4)13-17-14-9-11-18-15(6-2)12-14/h14-15,17H,5-13H2,1-4H3. The van der Waals surface area contributed by atoms with Crippen molar-refractivity contribution in [1.82, 2.24) is 5.32 Å². The van der Waals surface area contributed by atoms with Gasteiger partial charge in [0.25, 0.3) is 0 Å². The Bertz CT molecular complexity index is 215. The minimum atomic E-state index is 0.440. The Morgan fingerprint density at radius 1 is 1.22 bits per heavy atom. The van der Waals surface area contributed by atoms with Crippen LogP contribution in [0.1, 0.15) is 72.6 Å². The Morgan fingerprint density at radius 2 is 2.00 bits per heavy atom. The lowest BCUT2D eigenvalue weighted by Gasteiger charge is -2.33. The summed E-state index contributed by atoms with van der Waals surface area (Å²) in [7, 11) is 0. The third-order valence-corrected chi connectivity index (χ3v) is 4.15. The first kappa shape index (κ1) is 16.0. The highest BCUT2D eigenvalue weighted by molar-refractivity contribution is 4.80. The maximum absolute atomic E-state index is 5.73. The highest BCUT2D eigenvalue weighted by atomic mass is 16.5. The fourth-order valence-electron chi connectivity index (χ4n) is 2.71. The van der Waals surface area contributed by atoms with Gasteiger partial charge in [-0.3, -0.25) is 0 Å². The van der Waals surface area contributed by atoms with Crippen LogP contribution >= 0.6 is 0 Å². The van der Waals surface area contributed by atoms with E-state index in [9.17, 15) is 0 Å².